The Hall–Kier alpha value is -0.300. The molecule has 1 heteroatoms. The van der Waals surface area contributed by atoms with Gasteiger partial charge in [0.15, 0.2) is 0 Å². The Labute approximate surface area is 132 Å². The summed E-state index contributed by atoms with van der Waals surface area (Å²) < 4.78 is 0. The van der Waals surface area contributed by atoms with Gasteiger partial charge in [0.2, 0.25) is 0 Å². The van der Waals surface area contributed by atoms with Crippen LogP contribution in [0.4, 0.5) is 0 Å². The Bertz CT molecular complexity index is 431. The molecule has 1 heterocycles. The summed E-state index contributed by atoms with van der Waals surface area (Å²) in [6, 6.07) is 1.62. The van der Waals surface area contributed by atoms with Crippen LogP contribution in [0.2, 0.25) is 0 Å². The molecule has 1 saturated heterocycles. The Morgan fingerprint density at radius 3 is 2.14 bits per heavy atom. The van der Waals surface area contributed by atoms with Gasteiger partial charge in [0.25, 0.3) is 0 Å². The normalized spacial score (nSPS) is 37.0. The average Bonchev–Trinajstić information content (AvgIpc) is 2.71. The molecule has 1 aliphatic heterocycles. The second-order valence-electron chi connectivity index (χ2n) is 8.74. The molecule has 0 aromatic rings. The third-order valence-electron chi connectivity index (χ3n) is 6.85. The van der Waals surface area contributed by atoms with Gasteiger partial charge < -0.3 is 0 Å². The molecule has 0 N–H and O–H groups in total. The van der Waals surface area contributed by atoms with Gasteiger partial charge >= 0.3 is 0 Å². The minimum Gasteiger partial charge on any atom is -0.298 e. The quantitative estimate of drug-likeness (QED) is 0.640. The number of likely N-dealkylation sites (tertiary alicyclic amines) is 1. The second-order valence-corrected chi connectivity index (χ2v) is 8.74. The maximum atomic E-state index is 2.81. The van der Waals surface area contributed by atoms with E-state index in [-0.39, 0.29) is 0 Å². The summed E-state index contributed by atoms with van der Waals surface area (Å²) in [5.41, 5.74) is 4.31. The number of allylic oxidation sites excluding steroid dienone is 2. The van der Waals surface area contributed by atoms with Crippen LogP contribution < -0.4 is 0 Å². The fraction of sp³-hybridized carbons (Fsp3) is 0.900. The maximum Gasteiger partial charge on any atom is 0.0135 e. The summed E-state index contributed by atoms with van der Waals surface area (Å²) in [5.74, 6) is 2.46. The van der Waals surface area contributed by atoms with Crippen LogP contribution in [0.1, 0.15) is 73.6 Å². The lowest BCUT2D eigenvalue weighted by Crippen LogP contribution is -2.61. The molecule has 3 aliphatic rings. The minimum absolute atomic E-state index is 0.585. The molecule has 3 unspecified atom stereocenters. The van der Waals surface area contributed by atoms with Crippen LogP contribution in [-0.4, -0.2) is 23.5 Å². The highest BCUT2D eigenvalue weighted by Gasteiger charge is 2.57. The number of nitrogens with zero attached hydrogens (tertiary/aromatic N) is 1. The van der Waals surface area contributed by atoms with Gasteiger partial charge in [-0.1, -0.05) is 38.8 Å². The number of hydrogen-bond acceptors (Lipinski definition) is 1. The third kappa shape index (κ3) is 2.22. The van der Waals surface area contributed by atoms with Gasteiger partial charge in [-0.2, -0.15) is 0 Å². The van der Waals surface area contributed by atoms with Crippen molar-refractivity contribution in [3.63, 3.8) is 0 Å². The van der Waals surface area contributed by atoms with E-state index in [0.717, 1.165) is 29.8 Å². The number of hydrogen-bond donors (Lipinski definition) is 0. The van der Waals surface area contributed by atoms with Crippen LogP contribution >= 0.6 is 0 Å². The summed E-state index contributed by atoms with van der Waals surface area (Å²) in [5, 5.41) is 0. The molecule has 0 amide bonds. The van der Waals surface area contributed by atoms with Crippen LogP contribution in [0, 0.1) is 23.2 Å². The molecule has 0 bridgehead atoms. The van der Waals surface area contributed by atoms with E-state index in [2.05, 4.69) is 46.4 Å². The highest BCUT2D eigenvalue weighted by atomic mass is 15.2. The molecule has 1 spiro atoms. The first-order chi connectivity index (χ1) is 9.88. The van der Waals surface area contributed by atoms with Crippen LogP contribution in [0.25, 0.3) is 0 Å². The predicted molar refractivity (Wildman–Crippen MR) is 91.3 cm³/mol. The van der Waals surface area contributed by atoms with Gasteiger partial charge in [0, 0.05) is 12.1 Å². The Balaban J connectivity index is 1.95. The molecule has 0 radical (unpaired) electrons. The molecule has 0 aromatic carbocycles. The molecule has 2 fully saturated rings. The maximum absolute atomic E-state index is 2.81. The van der Waals surface area contributed by atoms with Crippen LogP contribution in [0.15, 0.2) is 11.1 Å². The minimum atomic E-state index is 0.585. The monoisotopic (exact) mass is 289 g/mol. The second kappa shape index (κ2) is 5.41. The van der Waals surface area contributed by atoms with Gasteiger partial charge in [-0.15, -0.1) is 0 Å². The van der Waals surface area contributed by atoms with Crippen molar-refractivity contribution < 1.29 is 0 Å². The molecule has 2 aliphatic carbocycles. The van der Waals surface area contributed by atoms with E-state index in [4.69, 9.17) is 0 Å². The molecule has 1 nitrogen and oxygen atoms in total. The van der Waals surface area contributed by atoms with Gasteiger partial charge in [0.1, 0.15) is 0 Å². The van der Waals surface area contributed by atoms with Gasteiger partial charge in [-0.05, 0) is 75.7 Å². The fourth-order valence-corrected chi connectivity index (χ4v) is 5.98. The number of rotatable bonds is 3. The molecule has 120 valence electrons. The van der Waals surface area contributed by atoms with Crippen LogP contribution in [0.3, 0.4) is 0 Å². The number of piperidine rings is 1. The summed E-state index contributed by atoms with van der Waals surface area (Å²) in [6.07, 6.45) is 7.20. The molecular weight excluding hydrogens is 254 g/mol. The Morgan fingerprint density at radius 1 is 0.952 bits per heavy atom. The molecule has 21 heavy (non-hydrogen) atoms. The van der Waals surface area contributed by atoms with E-state index in [1.54, 1.807) is 0 Å². The molecular formula is C20H35N. The van der Waals surface area contributed by atoms with E-state index in [0.29, 0.717) is 5.41 Å². The largest absolute Gasteiger partial charge is 0.298 e. The van der Waals surface area contributed by atoms with Crippen molar-refractivity contribution in [1.82, 2.24) is 4.90 Å². The molecule has 0 aromatic heterocycles. The fourth-order valence-electron chi connectivity index (χ4n) is 5.98. The highest BCUT2D eigenvalue weighted by molar-refractivity contribution is 5.34. The molecule has 3 rings (SSSR count). The standard InChI is InChI=1S/C20H35N/c1-13(2)16-9-10-20(19(16)14(3)4)11-12-21(15(5)6)18-8-7-17(18)20/h13-15,17-18H,7-12H2,1-6H3. The van der Waals surface area contributed by atoms with E-state index >= 15 is 0 Å². The first kappa shape index (κ1) is 15.6. The van der Waals surface area contributed by atoms with Gasteiger partial charge in [0.05, 0.1) is 0 Å². The Morgan fingerprint density at radius 2 is 1.67 bits per heavy atom. The zero-order valence-electron chi connectivity index (χ0n) is 15.1. The van der Waals surface area contributed by atoms with Crippen molar-refractivity contribution in [3.8, 4) is 0 Å². The lowest BCUT2D eigenvalue weighted by Gasteiger charge is -2.60. The summed E-state index contributed by atoms with van der Waals surface area (Å²) in [6.45, 7) is 15.8. The zero-order valence-corrected chi connectivity index (χ0v) is 15.1. The smallest absolute Gasteiger partial charge is 0.0135 e. The SMILES string of the molecule is CC(C)C1=C(C(C)C)C2(CC1)CCN(C(C)C)C1CCC12. The predicted octanol–water partition coefficient (Wildman–Crippen LogP) is 5.27. The first-order valence-electron chi connectivity index (χ1n) is 9.37. The lowest BCUT2D eigenvalue weighted by molar-refractivity contribution is -0.0767. The topological polar surface area (TPSA) is 3.24 Å². The summed E-state index contributed by atoms with van der Waals surface area (Å²) in [7, 11) is 0. The summed E-state index contributed by atoms with van der Waals surface area (Å²) >= 11 is 0. The van der Waals surface area contributed by atoms with Crippen LogP contribution in [0.5, 0.6) is 0 Å². The van der Waals surface area contributed by atoms with Crippen molar-refractivity contribution >= 4 is 0 Å². The van der Waals surface area contributed by atoms with Crippen molar-refractivity contribution in [1.29, 1.82) is 0 Å². The van der Waals surface area contributed by atoms with Gasteiger partial charge in [-0.25, -0.2) is 0 Å². The molecule has 3 atom stereocenters. The third-order valence-corrected chi connectivity index (χ3v) is 6.85. The molecule has 1 saturated carbocycles. The lowest BCUT2D eigenvalue weighted by atomic mass is 9.54. The number of fused-ring (bicyclic) bond motifs is 2. The summed E-state index contributed by atoms with van der Waals surface area (Å²) in [4.78, 5) is 2.81. The van der Waals surface area contributed by atoms with Gasteiger partial charge in [-0.3, -0.25) is 4.90 Å². The van der Waals surface area contributed by atoms with E-state index in [9.17, 15) is 0 Å². The van der Waals surface area contributed by atoms with Crippen molar-refractivity contribution in [2.24, 2.45) is 23.2 Å². The van der Waals surface area contributed by atoms with E-state index in [1.165, 1.54) is 38.6 Å². The highest BCUT2D eigenvalue weighted by Crippen LogP contribution is 2.62. The van der Waals surface area contributed by atoms with Crippen molar-refractivity contribution in [3.05, 3.63) is 11.1 Å². The first-order valence-corrected chi connectivity index (χ1v) is 9.37. The van der Waals surface area contributed by atoms with Crippen molar-refractivity contribution in [2.75, 3.05) is 6.54 Å². The Kier molecular flexibility index (Phi) is 4.01. The van der Waals surface area contributed by atoms with Crippen LogP contribution in [-0.2, 0) is 0 Å². The van der Waals surface area contributed by atoms with E-state index in [1.807, 2.05) is 11.1 Å². The van der Waals surface area contributed by atoms with Crippen molar-refractivity contribution in [2.45, 2.75) is 85.7 Å². The zero-order chi connectivity index (χ0) is 15.4. The van der Waals surface area contributed by atoms with E-state index < -0.39 is 0 Å². The average molecular weight is 290 g/mol.